The van der Waals surface area contributed by atoms with E-state index in [1.807, 2.05) is 6.20 Å². The number of rotatable bonds is 4. The average Bonchev–Trinajstić information content (AvgIpc) is 2.99. The van der Waals surface area contributed by atoms with Crippen molar-refractivity contribution in [3.63, 3.8) is 0 Å². The van der Waals surface area contributed by atoms with Crippen molar-refractivity contribution in [1.82, 2.24) is 0 Å². The molecule has 4 rings (SSSR count). The Kier molecular flexibility index (Phi) is 5.34. The summed E-state index contributed by atoms with van der Waals surface area (Å²) in [6, 6.07) is 16.8. The molecular formula is C22H20BrN2OS+. The molecule has 0 fully saturated rings. The Morgan fingerprint density at radius 3 is 2.85 bits per heavy atom. The minimum absolute atomic E-state index is 0.123. The lowest BCUT2D eigenvalue weighted by Gasteiger charge is -2.12. The van der Waals surface area contributed by atoms with Gasteiger partial charge in [-0.2, -0.15) is 4.57 Å². The van der Waals surface area contributed by atoms with Crippen molar-refractivity contribution in [3.8, 4) is 0 Å². The number of para-hydroxylation sites is 1. The van der Waals surface area contributed by atoms with Crippen LogP contribution in [0.5, 0.6) is 0 Å². The van der Waals surface area contributed by atoms with Crippen molar-refractivity contribution in [2.24, 2.45) is 0 Å². The lowest BCUT2D eigenvalue weighted by atomic mass is 10.1. The lowest BCUT2D eigenvalue weighted by molar-refractivity contribution is -0.672. The molecule has 0 radical (unpaired) electrons. The number of nitrogens with zero attached hydrogens (tertiary/aromatic N) is 2. The molecule has 2 aromatic carbocycles. The maximum atomic E-state index is 9.32. The third-order valence-corrected chi connectivity index (χ3v) is 6.32. The van der Waals surface area contributed by atoms with Gasteiger partial charge >= 0.3 is 0 Å². The summed E-state index contributed by atoms with van der Waals surface area (Å²) < 4.78 is 3.11. The smallest absolute Gasteiger partial charge is 0.214 e. The third-order valence-electron chi connectivity index (χ3n) is 4.64. The van der Waals surface area contributed by atoms with E-state index >= 15 is 0 Å². The Morgan fingerprint density at radius 1 is 1.19 bits per heavy atom. The van der Waals surface area contributed by atoms with E-state index < -0.39 is 0 Å². The largest absolute Gasteiger partial charge is 0.390 e. The number of thioether (sulfide) groups is 1. The quantitative estimate of drug-likeness (QED) is 0.580. The summed E-state index contributed by atoms with van der Waals surface area (Å²) >= 11 is 5.34. The zero-order valence-corrected chi connectivity index (χ0v) is 17.4. The highest BCUT2D eigenvalue weighted by Gasteiger charge is 2.20. The Balaban J connectivity index is 1.65. The maximum absolute atomic E-state index is 9.32. The molecule has 136 valence electrons. The van der Waals surface area contributed by atoms with Gasteiger partial charge in [0.1, 0.15) is 6.61 Å². The van der Waals surface area contributed by atoms with Gasteiger partial charge in [0.15, 0.2) is 12.7 Å². The summed E-state index contributed by atoms with van der Waals surface area (Å²) in [5.41, 5.74) is 3.52. The number of aromatic nitrogens is 1. The fourth-order valence-corrected chi connectivity index (χ4v) is 4.69. The molecule has 0 unspecified atom stereocenters. The number of benzene rings is 2. The Morgan fingerprint density at radius 2 is 2.04 bits per heavy atom. The molecule has 0 bridgehead atoms. The number of allylic oxidation sites excluding steroid dienone is 2. The number of halogens is 1. The van der Waals surface area contributed by atoms with Crippen LogP contribution in [0.3, 0.4) is 0 Å². The van der Waals surface area contributed by atoms with Crippen molar-refractivity contribution in [3.05, 3.63) is 81.9 Å². The molecule has 3 nitrogen and oxygen atoms in total. The van der Waals surface area contributed by atoms with E-state index in [1.165, 1.54) is 21.0 Å². The van der Waals surface area contributed by atoms with Crippen molar-refractivity contribution >= 4 is 50.4 Å². The molecular weight excluding hydrogens is 420 g/mol. The van der Waals surface area contributed by atoms with E-state index in [4.69, 9.17) is 0 Å². The van der Waals surface area contributed by atoms with Crippen LogP contribution in [0, 0.1) is 0 Å². The number of hydrogen-bond acceptors (Lipinski definition) is 3. The Bertz CT molecular complexity index is 1060. The highest BCUT2D eigenvalue weighted by atomic mass is 79.9. The molecule has 2 heterocycles. The van der Waals surface area contributed by atoms with Gasteiger partial charge in [0.2, 0.25) is 5.52 Å². The summed E-state index contributed by atoms with van der Waals surface area (Å²) in [7, 11) is 2.10. The molecule has 5 heteroatoms. The molecule has 0 saturated carbocycles. The first-order valence-corrected chi connectivity index (χ1v) is 10.4. The second-order valence-corrected chi connectivity index (χ2v) is 8.32. The number of anilines is 1. The van der Waals surface area contributed by atoms with Crippen LogP contribution in [0.2, 0.25) is 0 Å². The van der Waals surface area contributed by atoms with Gasteiger partial charge < -0.3 is 10.0 Å². The SMILES string of the molecule is CN1C(=CC=Cc2cc[n+](CCO)c3cc(Br)ccc23)Sc2ccccc21. The molecule has 1 aliphatic heterocycles. The first-order valence-electron chi connectivity index (χ1n) is 8.79. The van der Waals surface area contributed by atoms with Gasteiger partial charge in [-0.15, -0.1) is 0 Å². The van der Waals surface area contributed by atoms with Crippen LogP contribution in [0.25, 0.3) is 17.0 Å². The first-order chi connectivity index (χ1) is 13.2. The van der Waals surface area contributed by atoms with Gasteiger partial charge in [-0.05, 0) is 35.9 Å². The molecule has 0 atom stereocenters. The fourth-order valence-electron chi connectivity index (χ4n) is 3.28. The topological polar surface area (TPSA) is 27.4 Å². The van der Waals surface area contributed by atoms with Crippen LogP contribution < -0.4 is 9.47 Å². The van der Waals surface area contributed by atoms with E-state index in [0.29, 0.717) is 6.54 Å². The molecule has 0 amide bonds. The second kappa shape index (κ2) is 7.89. The van der Waals surface area contributed by atoms with Crippen LogP contribution in [-0.2, 0) is 6.54 Å². The first kappa shape index (κ1) is 18.3. The highest BCUT2D eigenvalue weighted by molar-refractivity contribution is 9.10. The summed E-state index contributed by atoms with van der Waals surface area (Å²) in [5.74, 6) is 0. The Hall–Kier alpha value is -2.08. The minimum Gasteiger partial charge on any atom is -0.390 e. The van der Waals surface area contributed by atoms with E-state index in [2.05, 4.69) is 99.2 Å². The number of aliphatic hydroxyl groups excluding tert-OH is 1. The molecule has 0 aliphatic carbocycles. The predicted molar refractivity (Wildman–Crippen MR) is 117 cm³/mol. The van der Waals surface area contributed by atoms with Crippen LogP contribution in [0.15, 0.2) is 81.3 Å². The van der Waals surface area contributed by atoms with Crippen LogP contribution in [0.4, 0.5) is 5.69 Å². The van der Waals surface area contributed by atoms with Gasteiger partial charge in [0.25, 0.3) is 0 Å². The number of fused-ring (bicyclic) bond motifs is 2. The molecule has 1 aromatic heterocycles. The molecule has 27 heavy (non-hydrogen) atoms. The fraction of sp³-hybridized carbons (Fsp3) is 0.136. The van der Waals surface area contributed by atoms with E-state index in [-0.39, 0.29) is 6.61 Å². The summed E-state index contributed by atoms with van der Waals surface area (Å²) in [4.78, 5) is 3.51. The van der Waals surface area contributed by atoms with Gasteiger partial charge in [0.05, 0.1) is 16.1 Å². The summed E-state index contributed by atoms with van der Waals surface area (Å²) in [6.07, 6.45) is 8.44. The zero-order chi connectivity index (χ0) is 18.8. The second-order valence-electron chi connectivity index (χ2n) is 6.34. The van der Waals surface area contributed by atoms with Gasteiger partial charge in [0, 0.05) is 28.5 Å². The van der Waals surface area contributed by atoms with Gasteiger partial charge in [-0.1, -0.05) is 52.0 Å². The van der Waals surface area contributed by atoms with Gasteiger partial charge in [-0.3, -0.25) is 0 Å². The van der Waals surface area contributed by atoms with E-state index in [9.17, 15) is 5.11 Å². The van der Waals surface area contributed by atoms with Crippen LogP contribution in [0.1, 0.15) is 5.56 Å². The molecule has 1 aliphatic rings. The predicted octanol–water partition coefficient (Wildman–Crippen LogP) is 4.98. The van der Waals surface area contributed by atoms with Crippen molar-refractivity contribution in [2.45, 2.75) is 11.4 Å². The third kappa shape index (κ3) is 3.68. The van der Waals surface area contributed by atoms with Crippen molar-refractivity contribution in [2.75, 3.05) is 18.6 Å². The zero-order valence-electron chi connectivity index (χ0n) is 15.0. The number of hydrogen-bond donors (Lipinski definition) is 1. The number of pyridine rings is 1. The normalized spacial score (nSPS) is 15.2. The van der Waals surface area contributed by atoms with E-state index in [1.54, 1.807) is 11.8 Å². The van der Waals surface area contributed by atoms with Gasteiger partial charge in [-0.25, -0.2) is 0 Å². The van der Waals surface area contributed by atoms with Crippen LogP contribution >= 0.6 is 27.7 Å². The molecule has 0 saturated heterocycles. The summed E-state index contributed by atoms with van der Waals surface area (Å²) in [5, 5.41) is 11.7. The molecule has 1 N–H and O–H groups in total. The van der Waals surface area contributed by atoms with Crippen LogP contribution in [-0.4, -0.2) is 18.8 Å². The lowest BCUT2D eigenvalue weighted by Crippen LogP contribution is -2.36. The summed E-state index contributed by atoms with van der Waals surface area (Å²) in [6.45, 7) is 0.707. The highest BCUT2D eigenvalue weighted by Crippen LogP contribution is 2.44. The average molecular weight is 440 g/mol. The van der Waals surface area contributed by atoms with Crippen molar-refractivity contribution < 1.29 is 9.67 Å². The standard InChI is InChI=1S/C22H20BrN2OS/c1-24-19-6-2-3-7-21(19)27-22(24)8-4-5-16-11-12-25(13-14-26)20-15-17(23)9-10-18(16)20/h2-12,15,26H,13-14H2,1H3/q+1. The molecule has 0 spiro atoms. The minimum atomic E-state index is 0.123. The monoisotopic (exact) mass is 439 g/mol. The van der Waals surface area contributed by atoms with E-state index in [0.717, 1.165) is 15.6 Å². The molecule has 3 aromatic rings. The number of aliphatic hydroxyl groups is 1. The van der Waals surface area contributed by atoms with Crippen molar-refractivity contribution in [1.29, 1.82) is 0 Å². The Labute approximate surface area is 171 Å². The maximum Gasteiger partial charge on any atom is 0.214 e.